The molecule has 152 valence electrons. The van der Waals surface area contributed by atoms with Gasteiger partial charge >= 0.3 is 0 Å². The van der Waals surface area contributed by atoms with Crippen molar-refractivity contribution in [3.8, 4) is 11.5 Å². The van der Waals surface area contributed by atoms with Crippen molar-refractivity contribution < 1.29 is 13.9 Å². The number of ketones is 1. The van der Waals surface area contributed by atoms with Gasteiger partial charge in [-0.1, -0.05) is 24.3 Å². The summed E-state index contributed by atoms with van der Waals surface area (Å²) < 4.78 is 19.5. The van der Waals surface area contributed by atoms with Crippen LogP contribution in [0.4, 0.5) is 4.39 Å². The minimum absolute atomic E-state index is 0.0255. The van der Waals surface area contributed by atoms with Crippen LogP contribution in [0.1, 0.15) is 35.0 Å². The summed E-state index contributed by atoms with van der Waals surface area (Å²) in [6.45, 7) is 4.55. The molecule has 1 fully saturated rings. The van der Waals surface area contributed by atoms with E-state index in [2.05, 4.69) is 17.0 Å². The van der Waals surface area contributed by atoms with E-state index in [4.69, 9.17) is 4.74 Å². The zero-order chi connectivity index (χ0) is 20.2. The number of ether oxygens (including phenoxy) is 1. The van der Waals surface area contributed by atoms with Crippen molar-refractivity contribution in [2.75, 3.05) is 26.3 Å². The van der Waals surface area contributed by atoms with Gasteiger partial charge in [-0.2, -0.15) is 0 Å². The Morgan fingerprint density at radius 2 is 1.93 bits per heavy atom. The summed E-state index contributed by atoms with van der Waals surface area (Å²) >= 11 is 1.48. The lowest BCUT2D eigenvalue weighted by Gasteiger charge is -2.39. The van der Waals surface area contributed by atoms with Gasteiger partial charge < -0.3 is 9.64 Å². The third kappa shape index (κ3) is 4.68. The Bertz CT molecular complexity index is 976. The lowest BCUT2D eigenvalue weighted by molar-refractivity contribution is 0.0879. The summed E-state index contributed by atoms with van der Waals surface area (Å²) in [6, 6.07) is 16.1. The van der Waals surface area contributed by atoms with Crippen molar-refractivity contribution in [3.05, 3.63) is 59.0 Å². The minimum Gasteiger partial charge on any atom is -0.455 e. The molecular weight excluding hydrogens is 385 g/mol. The SMILES string of the molecule is CC(=O)c1sc2ccccc2c1Oc1ccc(CCCN2CC(CCF)C2)cc1. The molecule has 29 heavy (non-hydrogen) atoms. The van der Waals surface area contributed by atoms with E-state index < -0.39 is 0 Å². The maximum atomic E-state index is 12.3. The van der Waals surface area contributed by atoms with Crippen LogP contribution in [0.3, 0.4) is 0 Å². The zero-order valence-corrected chi connectivity index (χ0v) is 17.5. The van der Waals surface area contributed by atoms with Crippen molar-refractivity contribution in [2.24, 2.45) is 5.92 Å². The largest absolute Gasteiger partial charge is 0.455 e. The molecule has 2 aromatic carbocycles. The summed E-state index contributed by atoms with van der Waals surface area (Å²) in [7, 11) is 0. The molecule has 0 amide bonds. The first-order chi connectivity index (χ1) is 14.1. The number of halogens is 1. The van der Waals surface area contributed by atoms with Crippen molar-refractivity contribution in [3.63, 3.8) is 0 Å². The molecule has 5 heteroatoms. The number of benzene rings is 2. The number of hydrogen-bond acceptors (Lipinski definition) is 4. The summed E-state index contributed by atoms with van der Waals surface area (Å²) in [5.74, 6) is 1.99. The average Bonchev–Trinajstić information content (AvgIpc) is 3.06. The highest BCUT2D eigenvalue weighted by Crippen LogP contribution is 2.40. The number of carbonyl (C=O) groups is 1. The van der Waals surface area contributed by atoms with Crippen molar-refractivity contribution in [1.29, 1.82) is 0 Å². The lowest BCUT2D eigenvalue weighted by atomic mass is 9.96. The summed E-state index contributed by atoms with van der Waals surface area (Å²) in [5, 5.41) is 0.979. The molecule has 0 bridgehead atoms. The molecular formula is C24H26FNO2S. The highest BCUT2D eigenvalue weighted by Gasteiger charge is 2.25. The lowest BCUT2D eigenvalue weighted by Crippen LogP contribution is -2.47. The van der Waals surface area contributed by atoms with E-state index in [1.54, 1.807) is 6.92 Å². The molecule has 0 spiro atoms. The second-order valence-corrected chi connectivity index (χ2v) is 8.82. The Labute approximate surface area is 175 Å². The second kappa shape index (κ2) is 9.06. The molecule has 3 nitrogen and oxygen atoms in total. The first kappa shape index (κ1) is 20.0. The standard InChI is InChI=1S/C24H26FNO2S/c1-17(27)24-23(21-6-2-3-7-22(21)29-24)28-20-10-8-18(9-11-20)5-4-14-26-15-19(16-26)12-13-25/h2-3,6-11,19H,4-5,12-16H2,1H3. The van der Waals surface area contributed by atoms with Crippen LogP contribution >= 0.6 is 11.3 Å². The van der Waals surface area contributed by atoms with E-state index in [9.17, 15) is 9.18 Å². The van der Waals surface area contributed by atoms with Gasteiger partial charge in [0.2, 0.25) is 0 Å². The van der Waals surface area contributed by atoms with E-state index >= 15 is 0 Å². The third-order valence-electron chi connectivity index (χ3n) is 5.50. The molecule has 0 radical (unpaired) electrons. The monoisotopic (exact) mass is 411 g/mol. The van der Waals surface area contributed by atoms with Crippen molar-refractivity contribution in [1.82, 2.24) is 4.90 Å². The summed E-state index contributed by atoms with van der Waals surface area (Å²) in [6.07, 6.45) is 2.83. The molecule has 4 rings (SSSR count). The molecule has 0 N–H and O–H groups in total. The normalized spacial score (nSPS) is 14.8. The van der Waals surface area contributed by atoms with Gasteiger partial charge in [0.15, 0.2) is 11.5 Å². The Hall–Kier alpha value is -2.24. The maximum absolute atomic E-state index is 12.3. The van der Waals surface area contributed by atoms with Crippen LogP contribution in [-0.2, 0) is 6.42 Å². The number of likely N-dealkylation sites (tertiary alicyclic amines) is 1. The molecule has 1 aliphatic heterocycles. The molecule has 1 aliphatic rings. The van der Waals surface area contributed by atoms with Gasteiger partial charge in [0, 0.05) is 30.1 Å². The molecule has 0 aliphatic carbocycles. The van der Waals surface area contributed by atoms with Crippen LogP contribution in [0.15, 0.2) is 48.5 Å². The fourth-order valence-corrected chi connectivity index (χ4v) is 4.93. The molecule has 1 aromatic heterocycles. The Morgan fingerprint density at radius 3 is 2.66 bits per heavy atom. The minimum atomic E-state index is -0.192. The van der Waals surface area contributed by atoms with Gasteiger partial charge in [0.1, 0.15) is 10.6 Å². The van der Waals surface area contributed by atoms with E-state index in [1.807, 2.05) is 36.4 Å². The van der Waals surface area contributed by atoms with E-state index in [1.165, 1.54) is 16.9 Å². The summed E-state index contributed by atoms with van der Waals surface area (Å²) in [5.41, 5.74) is 1.28. The predicted octanol–water partition coefficient (Wildman–Crippen LogP) is 6.12. The smallest absolute Gasteiger partial charge is 0.173 e. The van der Waals surface area contributed by atoms with Gasteiger partial charge in [0.25, 0.3) is 0 Å². The van der Waals surface area contributed by atoms with E-state index in [-0.39, 0.29) is 12.5 Å². The highest BCUT2D eigenvalue weighted by atomic mass is 32.1. The first-order valence-corrected chi connectivity index (χ1v) is 11.0. The third-order valence-corrected chi connectivity index (χ3v) is 6.76. The van der Waals surface area contributed by atoms with Crippen LogP contribution in [0.25, 0.3) is 10.1 Å². The Kier molecular flexibility index (Phi) is 6.26. The van der Waals surface area contributed by atoms with Gasteiger partial charge in [-0.05, 0) is 61.6 Å². The molecule has 0 saturated carbocycles. The Balaban J connectivity index is 1.35. The molecule has 2 heterocycles. The number of thiophene rings is 1. The van der Waals surface area contributed by atoms with Gasteiger partial charge in [-0.25, -0.2) is 0 Å². The zero-order valence-electron chi connectivity index (χ0n) is 16.7. The highest BCUT2D eigenvalue weighted by molar-refractivity contribution is 7.21. The number of aryl methyl sites for hydroxylation is 1. The van der Waals surface area contributed by atoms with Gasteiger partial charge in [-0.3, -0.25) is 9.18 Å². The van der Waals surface area contributed by atoms with Crippen LogP contribution < -0.4 is 4.74 Å². The molecule has 1 saturated heterocycles. The second-order valence-electron chi connectivity index (χ2n) is 7.77. The fourth-order valence-electron chi connectivity index (χ4n) is 3.90. The number of alkyl halides is 1. The fraction of sp³-hybridized carbons (Fsp3) is 0.375. The maximum Gasteiger partial charge on any atom is 0.173 e. The summed E-state index contributed by atoms with van der Waals surface area (Å²) in [4.78, 5) is 15.1. The topological polar surface area (TPSA) is 29.5 Å². The Morgan fingerprint density at radius 1 is 1.17 bits per heavy atom. The number of fused-ring (bicyclic) bond motifs is 1. The number of rotatable bonds is 9. The van der Waals surface area contributed by atoms with Crippen molar-refractivity contribution >= 4 is 27.2 Å². The van der Waals surface area contributed by atoms with Crippen molar-refractivity contribution in [2.45, 2.75) is 26.2 Å². The molecule has 0 unspecified atom stereocenters. The molecule has 3 aromatic rings. The predicted molar refractivity (Wildman–Crippen MR) is 117 cm³/mol. The van der Waals surface area contributed by atoms with Gasteiger partial charge in [-0.15, -0.1) is 11.3 Å². The molecule has 0 atom stereocenters. The number of carbonyl (C=O) groups excluding carboxylic acids is 1. The average molecular weight is 412 g/mol. The van der Waals surface area contributed by atoms with Gasteiger partial charge in [0.05, 0.1) is 6.67 Å². The van der Waals surface area contributed by atoms with E-state index in [0.717, 1.165) is 48.3 Å². The number of nitrogens with zero attached hydrogens (tertiary/aromatic N) is 1. The first-order valence-electron chi connectivity index (χ1n) is 10.2. The van der Waals surface area contributed by atoms with E-state index in [0.29, 0.717) is 23.0 Å². The number of hydrogen-bond donors (Lipinski definition) is 0. The number of Topliss-reactive ketones (excluding diaryl/α,β-unsaturated/α-hetero) is 1. The quantitative estimate of drug-likeness (QED) is 0.397. The van der Waals surface area contributed by atoms with Crippen LogP contribution in [0, 0.1) is 5.92 Å². The van der Waals surface area contributed by atoms with Crippen LogP contribution in [0.5, 0.6) is 11.5 Å². The van der Waals surface area contributed by atoms with Crippen LogP contribution in [0.2, 0.25) is 0 Å². The van der Waals surface area contributed by atoms with Crippen LogP contribution in [-0.4, -0.2) is 37.0 Å².